The fourth-order valence-corrected chi connectivity index (χ4v) is 0.497. The molecule has 0 fully saturated rings. The third-order valence-corrected chi connectivity index (χ3v) is 1.08. The summed E-state index contributed by atoms with van der Waals surface area (Å²) in [6.45, 7) is 0. The SMILES string of the molecule is O=C([O-])CCC(NO)C(=O)[O-].[Na+].[Na+]. The van der Waals surface area contributed by atoms with Crippen LogP contribution in [0.4, 0.5) is 0 Å². The summed E-state index contributed by atoms with van der Waals surface area (Å²) < 4.78 is 0. The van der Waals surface area contributed by atoms with Crippen molar-refractivity contribution in [2.24, 2.45) is 0 Å². The third-order valence-electron chi connectivity index (χ3n) is 1.08. The van der Waals surface area contributed by atoms with E-state index in [0.717, 1.165) is 0 Å². The second-order valence-electron chi connectivity index (χ2n) is 1.91. The summed E-state index contributed by atoms with van der Waals surface area (Å²) in [5, 5.41) is 27.9. The van der Waals surface area contributed by atoms with Gasteiger partial charge in [-0.3, -0.25) is 0 Å². The average Bonchev–Trinajstić information content (AvgIpc) is 1.87. The van der Waals surface area contributed by atoms with E-state index in [0.29, 0.717) is 0 Å². The van der Waals surface area contributed by atoms with Crippen LogP contribution in [0.1, 0.15) is 12.8 Å². The maximum Gasteiger partial charge on any atom is 1.00 e. The van der Waals surface area contributed by atoms with Crippen molar-refractivity contribution in [1.82, 2.24) is 5.48 Å². The van der Waals surface area contributed by atoms with Gasteiger partial charge in [0.1, 0.15) is 0 Å². The molecule has 6 nitrogen and oxygen atoms in total. The molecule has 0 spiro atoms. The summed E-state index contributed by atoms with van der Waals surface area (Å²) in [6, 6.07) is -1.35. The molecule has 8 heteroatoms. The second-order valence-corrected chi connectivity index (χ2v) is 1.91. The molecule has 0 radical (unpaired) electrons. The van der Waals surface area contributed by atoms with Gasteiger partial charge in [-0.05, 0) is 12.8 Å². The van der Waals surface area contributed by atoms with Gasteiger partial charge >= 0.3 is 59.1 Å². The topological polar surface area (TPSA) is 113 Å². The zero-order chi connectivity index (χ0) is 8.85. The molecule has 0 saturated carbocycles. The predicted octanol–water partition coefficient (Wildman–Crippen LogP) is -9.38. The molecule has 1 unspecified atom stereocenters. The molecule has 0 bridgehead atoms. The van der Waals surface area contributed by atoms with Gasteiger partial charge in [0.15, 0.2) is 0 Å². The van der Waals surface area contributed by atoms with E-state index in [4.69, 9.17) is 5.21 Å². The number of carboxylic acids is 2. The number of hydrogen-bond donors (Lipinski definition) is 2. The van der Waals surface area contributed by atoms with Crippen LogP contribution in [0.15, 0.2) is 0 Å². The fraction of sp³-hybridized carbons (Fsp3) is 0.600. The summed E-state index contributed by atoms with van der Waals surface area (Å²) in [5.74, 6) is -2.92. The molecule has 64 valence electrons. The van der Waals surface area contributed by atoms with E-state index in [1.54, 1.807) is 0 Å². The second kappa shape index (κ2) is 10.9. The van der Waals surface area contributed by atoms with Gasteiger partial charge in [0, 0.05) is 5.97 Å². The number of hydrogen-bond acceptors (Lipinski definition) is 6. The number of nitrogens with one attached hydrogen (secondary N) is 1. The summed E-state index contributed by atoms with van der Waals surface area (Å²) in [4.78, 5) is 19.8. The largest absolute Gasteiger partial charge is 1.00 e. The van der Waals surface area contributed by atoms with Crippen molar-refractivity contribution < 1.29 is 84.1 Å². The number of hydroxylamine groups is 1. The summed E-state index contributed by atoms with van der Waals surface area (Å²) >= 11 is 0. The Balaban J connectivity index is -0.000000500. The maximum atomic E-state index is 10.00. The smallest absolute Gasteiger partial charge is 0.550 e. The maximum absolute atomic E-state index is 10.00. The van der Waals surface area contributed by atoms with Crippen LogP contribution in [-0.2, 0) is 9.59 Å². The van der Waals surface area contributed by atoms with Crippen molar-refractivity contribution in [3.8, 4) is 0 Å². The van der Waals surface area contributed by atoms with Crippen molar-refractivity contribution in [3.63, 3.8) is 0 Å². The molecule has 0 aromatic heterocycles. The van der Waals surface area contributed by atoms with E-state index in [1.807, 2.05) is 0 Å². The Morgan fingerprint density at radius 2 is 1.77 bits per heavy atom. The van der Waals surface area contributed by atoms with E-state index in [1.165, 1.54) is 5.48 Å². The minimum Gasteiger partial charge on any atom is -0.550 e. The van der Waals surface area contributed by atoms with Gasteiger partial charge in [0.2, 0.25) is 0 Å². The molecule has 1 atom stereocenters. The first-order valence-electron chi connectivity index (χ1n) is 2.88. The van der Waals surface area contributed by atoms with Crippen LogP contribution in [0.5, 0.6) is 0 Å². The normalized spacial score (nSPS) is 10.5. The summed E-state index contributed by atoms with van der Waals surface area (Å²) in [7, 11) is 0. The first-order valence-corrected chi connectivity index (χ1v) is 2.88. The van der Waals surface area contributed by atoms with E-state index < -0.39 is 24.4 Å². The molecule has 0 aromatic carbocycles. The van der Waals surface area contributed by atoms with Gasteiger partial charge in [-0.15, -0.1) is 0 Å². The zero-order valence-corrected chi connectivity index (χ0v) is 11.6. The predicted molar refractivity (Wildman–Crippen MR) is 28.0 cm³/mol. The van der Waals surface area contributed by atoms with Crippen LogP contribution < -0.4 is 74.8 Å². The quantitative estimate of drug-likeness (QED) is 0.342. The average molecular weight is 207 g/mol. The van der Waals surface area contributed by atoms with Crippen LogP contribution in [-0.4, -0.2) is 23.2 Å². The Morgan fingerprint density at radius 1 is 1.31 bits per heavy atom. The molecule has 0 amide bonds. The molecule has 2 N–H and O–H groups in total. The molecule has 13 heavy (non-hydrogen) atoms. The molecule has 0 rings (SSSR count). The minimum atomic E-state index is -1.55. The van der Waals surface area contributed by atoms with Gasteiger partial charge in [0.25, 0.3) is 0 Å². The Hall–Kier alpha value is 0.860. The Bertz CT molecular complexity index is 165. The van der Waals surface area contributed by atoms with Gasteiger partial charge in [-0.25, -0.2) is 0 Å². The molecule has 0 saturated heterocycles. The zero-order valence-electron chi connectivity index (χ0n) is 7.57. The van der Waals surface area contributed by atoms with Crippen LogP contribution >= 0.6 is 0 Å². The molecule has 0 aliphatic rings. The monoisotopic (exact) mass is 207 g/mol. The van der Waals surface area contributed by atoms with E-state index in [9.17, 15) is 19.8 Å². The van der Waals surface area contributed by atoms with Crippen molar-refractivity contribution in [2.75, 3.05) is 0 Å². The van der Waals surface area contributed by atoms with Gasteiger partial charge in [-0.1, -0.05) is 0 Å². The number of rotatable bonds is 5. The Morgan fingerprint density at radius 3 is 2.00 bits per heavy atom. The first kappa shape index (κ1) is 19.4. The van der Waals surface area contributed by atoms with E-state index in [-0.39, 0.29) is 65.5 Å². The Labute approximate surface area is 119 Å². The van der Waals surface area contributed by atoms with Crippen molar-refractivity contribution in [3.05, 3.63) is 0 Å². The van der Waals surface area contributed by atoms with Gasteiger partial charge in [0.05, 0.1) is 12.0 Å². The summed E-state index contributed by atoms with van der Waals surface area (Å²) in [6.07, 6.45) is -0.701. The molecular weight excluding hydrogens is 200 g/mol. The summed E-state index contributed by atoms with van der Waals surface area (Å²) in [5.41, 5.74) is 1.40. The standard InChI is InChI=1S/C5H9NO5.2Na/c7-4(8)2-1-3(6-11)5(9)10;;/h3,6,11H,1-2H2,(H,7,8)(H,9,10);;/q;2*+1/p-2. The molecule has 0 heterocycles. The van der Waals surface area contributed by atoms with Crippen LogP contribution in [0.25, 0.3) is 0 Å². The first-order chi connectivity index (χ1) is 5.07. The van der Waals surface area contributed by atoms with Crippen molar-refractivity contribution in [2.45, 2.75) is 18.9 Å². The minimum absolute atomic E-state index is 0. The van der Waals surface area contributed by atoms with Crippen molar-refractivity contribution >= 4 is 11.9 Å². The molecule has 0 aliphatic heterocycles. The van der Waals surface area contributed by atoms with Gasteiger partial charge in [-0.2, -0.15) is 5.48 Å². The number of carbonyl (C=O) groups is 2. The molecule has 0 aliphatic carbocycles. The van der Waals surface area contributed by atoms with Gasteiger partial charge < -0.3 is 25.0 Å². The Kier molecular flexibility index (Phi) is 16.4. The fourth-order valence-electron chi connectivity index (χ4n) is 0.497. The van der Waals surface area contributed by atoms with Crippen LogP contribution in [0.2, 0.25) is 0 Å². The van der Waals surface area contributed by atoms with Crippen LogP contribution in [0.3, 0.4) is 0 Å². The number of carboxylic acid groups (broad SMARTS) is 2. The number of aliphatic carboxylic acids is 2. The third kappa shape index (κ3) is 10.8. The molecule has 0 aromatic rings. The molecular formula is C5H7NNa2O5. The van der Waals surface area contributed by atoms with E-state index >= 15 is 0 Å². The van der Waals surface area contributed by atoms with Crippen LogP contribution in [0, 0.1) is 0 Å². The van der Waals surface area contributed by atoms with Crippen molar-refractivity contribution in [1.29, 1.82) is 0 Å². The number of carbonyl (C=O) groups excluding carboxylic acids is 2. The van der Waals surface area contributed by atoms with E-state index in [2.05, 4.69) is 0 Å².